The van der Waals surface area contributed by atoms with Crippen molar-refractivity contribution in [2.24, 2.45) is 0 Å². The fourth-order valence-electron chi connectivity index (χ4n) is 1.78. The predicted octanol–water partition coefficient (Wildman–Crippen LogP) is 0.306. The van der Waals surface area contributed by atoms with Crippen molar-refractivity contribution in [3.63, 3.8) is 0 Å². The molecule has 1 amide bonds. The largest absolute Gasteiger partial charge is 0.394 e. The Bertz CT molecular complexity index is 681. The van der Waals surface area contributed by atoms with Gasteiger partial charge in [-0.05, 0) is 26.2 Å². The highest BCUT2D eigenvalue weighted by Crippen LogP contribution is 2.10. The first-order valence-corrected chi connectivity index (χ1v) is 9.43. The van der Waals surface area contributed by atoms with Crippen LogP contribution in [0.3, 0.4) is 0 Å². The lowest BCUT2D eigenvalue weighted by Gasteiger charge is -2.16. The van der Waals surface area contributed by atoms with Gasteiger partial charge in [0.1, 0.15) is 0 Å². The van der Waals surface area contributed by atoms with Gasteiger partial charge in [-0.15, -0.1) is 11.8 Å². The number of amides is 1. The van der Waals surface area contributed by atoms with E-state index in [4.69, 9.17) is 0 Å². The Hall–Kier alpha value is -1.45. The Balaban J connectivity index is 2.83. The number of rotatable bonds is 8. The summed E-state index contributed by atoms with van der Waals surface area (Å²) in [6.45, 7) is 3.00. The molecule has 4 N–H and O–H groups in total. The second-order valence-corrected chi connectivity index (χ2v) is 7.17. The highest BCUT2D eigenvalue weighted by molar-refractivity contribution is 8.15. The zero-order chi connectivity index (χ0) is 17.4. The van der Waals surface area contributed by atoms with E-state index in [9.17, 15) is 19.5 Å². The van der Waals surface area contributed by atoms with Crippen LogP contribution in [0.5, 0.6) is 0 Å². The van der Waals surface area contributed by atoms with Crippen molar-refractivity contribution in [1.82, 2.24) is 15.3 Å². The third-order valence-corrected chi connectivity index (χ3v) is 5.22. The molecule has 0 aliphatic rings. The summed E-state index contributed by atoms with van der Waals surface area (Å²) in [6.07, 6.45) is 3.40. The van der Waals surface area contributed by atoms with Gasteiger partial charge in [0, 0.05) is 22.1 Å². The van der Waals surface area contributed by atoms with Crippen LogP contribution in [-0.2, 0) is 4.79 Å². The fraction of sp³-hybridized carbons (Fsp3) is 0.500. The van der Waals surface area contributed by atoms with Gasteiger partial charge in [0.2, 0.25) is 5.91 Å². The van der Waals surface area contributed by atoms with Crippen LogP contribution >= 0.6 is 23.5 Å². The lowest BCUT2D eigenvalue weighted by molar-refractivity contribution is -0.118. The molecule has 9 heteroatoms. The SMILES string of the molecule is CSCSC[C@H](CO)NC(=O)/C(C)=C/c1c(C)[nH]c(=O)[nH]c1=O. The fourth-order valence-corrected chi connectivity index (χ4v) is 3.30. The molecule has 0 saturated carbocycles. The van der Waals surface area contributed by atoms with Gasteiger partial charge >= 0.3 is 5.69 Å². The minimum Gasteiger partial charge on any atom is -0.394 e. The molecule has 0 radical (unpaired) electrons. The van der Waals surface area contributed by atoms with Crippen molar-refractivity contribution in [1.29, 1.82) is 0 Å². The number of thioether (sulfide) groups is 2. The lowest BCUT2D eigenvalue weighted by atomic mass is 10.1. The number of aliphatic hydroxyl groups excluding tert-OH is 1. The van der Waals surface area contributed by atoms with Gasteiger partial charge < -0.3 is 15.4 Å². The van der Waals surface area contributed by atoms with Gasteiger partial charge in [0.05, 0.1) is 18.2 Å². The van der Waals surface area contributed by atoms with E-state index in [1.54, 1.807) is 37.4 Å². The van der Waals surface area contributed by atoms with E-state index in [-0.39, 0.29) is 24.1 Å². The van der Waals surface area contributed by atoms with E-state index in [0.717, 1.165) is 5.08 Å². The summed E-state index contributed by atoms with van der Waals surface area (Å²) in [7, 11) is 0. The van der Waals surface area contributed by atoms with Crippen molar-refractivity contribution in [3.05, 3.63) is 37.7 Å². The summed E-state index contributed by atoms with van der Waals surface area (Å²) in [6, 6.07) is -0.349. The molecule has 7 nitrogen and oxygen atoms in total. The van der Waals surface area contributed by atoms with E-state index in [1.165, 1.54) is 6.08 Å². The zero-order valence-electron chi connectivity index (χ0n) is 13.3. The maximum atomic E-state index is 12.1. The summed E-state index contributed by atoms with van der Waals surface area (Å²) >= 11 is 3.30. The van der Waals surface area contributed by atoms with Gasteiger partial charge in [0.15, 0.2) is 0 Å². The predicted molar refractivity (Wildman–Crippen MR) is 95.9 cm³/mol. The van der Waals surface area contributed by atoms with Gasteiger partial charge in [-0.2, -0.15) is 11.8 Å². The van der Waals surface area contributed by atoms with Crippen LogP contribution in [0.2, 0.25) is 0 Å². The molecule has 0 unspecified atom stereocenters. The molecule has 0 aliphatic carbocycles. The van der Waals surface area contributed by atoms with Crippen LogP contribution in [-0.4, -0.2) is 50.7 Å². The highest BCUT2D eigenvalue weighted by atomic mass is 32.2. The Kier molecular flexibility index (Phi) is 8.21. The summed E-state index contributed by atoms with van der Waals surface area (Å²) in [5.41, 5.74) is -0.195. The summed E-state index contributed by atoms with van der Waals surface area (Å²) in [4.78, 5) is 39.7. The number of aromatic amines is 2. The van der Waals surface area contributed by atoms with E-state index < -0.39 is 11.2 Å². The zero-order valence-corrected chi connectivity index (χ0v) is 14.9. The molecule has 23 heavy (non-hydrogen) atoms. The second-order valence-electron chi connectivity index (χ2n) is 4.90. The van der Waals surface area contributed by atoms with Gasteiger partial charge in [0.25, 0.3) is 5.56 Å². The monoisotopic (exact) mass is 359 g/mol. The Morgan fingerprint density at radius 3 is 2.65 bits per heavy atom. The maximum absolute atomic E-state index is 12.1. The second kappa shape index (κ2) is 9.64. The Morgan fingerprint density at radius 1 is 1.39 bits per heavy atom. The van der Waals surface area contributed by atoms with E-state index in [0.29, 0.717) is 17.0 Å². The first-order chi connectivity index (χ1) is 10.9. The van der Waals surface area contributed by atoms with Crippen LogP contribution in [0.1, 0.15) is 18.2 Å². The van der Waals surface area contributed by atoms with Crippen LogP contribution < -0.4 is 16.6 Å². The summed E-state index contributed by atoms with van der Waals surface area (Å²) in [5.74, 6) is 0.244. The van der Waals surface area contributed by atoms with Crippen molar-refractivity contribution in [3.8, 4) is 0 Å². The minimum absolute atomic E-state index is 0.154. The average Bonchev–Trinajstić information content (AvgIpc) is 2.49. The van der Waals surface area contributed by atoms with E-state index >= 15 is 0 Å². The minimum atomic E-state index is -0.585. The molecular formula is C14H21N3O4S2. The molecule has 1 rings (SSSR count). The third-order valence-electron chi connectivity index (χ3n) is 2.97. The number of aliphatic hydroxyl groups is 1. The number of carbonyl (C=O) groups excluding carboxylic acids is 1. The van der Waals surface area contributed by atoms with Gasteiger partial charge in [-0.25, -0.2) is 4.79 Å². The van der Waals surface area contributed by atoms with E-state index in [2.05, 4.69) is 15.3 Å². The number of H-pyrrole nitrogens is 2. The molecule has 0 spiro atoms. The molecule has 128 valence electrons. The molecule has 0 aliphatic heterocycles. The van der Waals surface area contributed by atoms with Crippen LogP contribution in [0, 0.1) is 6.92 Å². The number of carbonyl (C=O) groups is 1. The molecule has 1 aromatic heterocycles. The quantitative estimate of drug-likeness (QED) is 0.302. The average molecular weight is 359 g/mol. The highest BCUT2D eigenvalue weighted by Gasteiger charge is 2.14. The lowest BCUT2D eigenvalue weighted by Crippen LogP contribution is -2.39. The standard InChI is InChI=1S/C14H21N3O4S2/c1-8(4-11-9(2)15-14(21)17-13(11)20)12(19)16-10(5-18)6-23-7-22-3/h4,10,18H,5-7H2,1-3H3,(H,16,19)(H2,15,17,20,21)/b8-4+/t10-/m0/s1. The molecule has 0 bridgehead atoms. The number of aryl methyl sites for hydroxylation is 1. The number of nitrogens with one attached hydrogen (secondary N) is 3. The third kappa shape index (κ3) is 6.28. The molecule has 1 heterocycles. The maximum Gasteiger partial charge on any atom is 0.325 e. The normalized spacial score (nSPS) is 13.0. The van der Waals surface area contributed by atoms with Crippen molar-refractivity contribution in [2.45, 2.75) is 19.9 Å². The summed E-state index contributed by atoms with van der Waals surface area (Å²) < 4.78 is 0. The Labute approximate surface area is 142 Å². The van der Waals surface area contributed by atoms with Crippen LogP contribution in [0.4, 0.5) is 0 Å². The van der Waals surface area contributed by atoms with Crippen molar-refractivity contribution in [2.75, 3.05) is 23.7 Å². The van der Waals surface area contributed by atoms with E-state index in [1.807, 2.05) is 6.26 Å². The Morgan fingerprint density at radius 2 is 2.09 bits per heavy atom. The first-order valence-electron chi connectivity index (χ1n) is 6.89. The molecular weight excluding hydrogens is 338 g/mol. The smallest absolute Gasteiger partial charge is 0.325 e. The van der Waals surface area contributed by atoms with Crippen molar-refractivity contribution >= 4 is 35.5 Å². The first kappa shape index (κ1) is 19.6. The number of aromatic nitrogens is 2. The molecule has 0 fully saturated rings. The summed E-state index contributed by atoms with van der Waals surface area (Å²) in [5, 5.41) is 12.9. The van der Waals surface area contributed by atoms with Gasteiger partial charge in [-0.3, -0.25) is 14.6 Å². The number of hydrogen-bond acceptors (Lipinski definition) is 6. The molecule has 0 aromatic carbocycles. The molecule has 0 saturated heterocycles. The number of hydrogen-bond donors (Lipinski definition) is 4. The van der Waals surface area contributed by atoms with Crippen LogP contribution in [0.15, 0.2) is 15.2 Å². The molecule has 1 atom stereocenters. The van der Waals surface area contributed by atoms with Crippen molar-refractivity contribution < 1.29 is 9.90 Å². The van der Waals surface area contributed by atoms with Gasteiger partial charge in [-0.1, -0.05) is 0 Å². The topological polar surface area (TPSA) is 115 Å². The van der Waals surface area contributed by atoms with Crippen LogP contribution in [0.25, 0.3) is 6.08 Å². The molecule has 1 aromatic rings.